The monoisotopic (exact) mass is 297 g/mol. The van der Waals surface area contributed by atoms with Crippen LogP contribution < -0.4 is 0 Å². The van der Waals surface area contributed by atoms with Crippen LogP contribution in [0.5, 0.6) is 0 Å². The minimum Gasteiger partial charge on any atom is -0.480 e. The number of carboxylic acids is 1. The van der Waals surface area contributed by atoms with Gasteiger partial charge in [-0.05, 0) is 18.6 Å². The fourth-order valence-electron chi connectivity index (χ4n) is 1.61. The van der Waals surface area contributed by atoms with E-state index in [0.717, 1.165) is 10.5 Å². The van der Waals surface area contributed by atoms with Crippen molar-refractivity contribution >= 4 is 23.6 Å². The molecule has 1 aromatic carbocycles. The smallest absolute Gasteiger partial charge is 0.323 e. The minimum atomic E-state index is -1.02. The molecule has 20 heavy (non-hydrogen) atoms. The number of ether oxygens (including phenoxy) is 1. The number of hydrogen-bond acceptors (Lipinski definition) is 4. The Morgan fingerprint density at radius 2 is 2.05 bits per heavy atom. The molecule has 6 heteroatoms. The first-order chi connectivity index (χ1) is 9.54. The number of amides is 1. The zero-order valence-electron chi connectivity index (χ0n) is 11.7. The van der Waals surface area contributed by atoms with Crippen molar-refractivity contribution in [3.63, 3.8) is 0 Å². The van der Waals surface area contributed by atoms with E-state index in [2.05, 4.69) is 0 Å². The van der Waals surface area contributed by atoms with E-state index in [1.54, 1.807) is 0 Å². The zero-order valence-corrected chi connectivity index (χ0v) is 12.5. The molecule has 1 rings (SSSR count). The highest BCUT2D eigenvalue weighted by molar-refractivity contribution is 8.00. The van der Waals surface area contributed by atoms with Crippen molar-refractivity contribution in [2.45, 2.75) is 11.8 Å². The normalized spacial score (nSPS) is 10.3. The third kappa shape index (κ3) is 5.63. The van der Waals surface area contributed by atoms with Gasteiger partial charge in [0.1, 0.15) is 6.54 Å². The van der Waals surface area contributed by atoms with Gasteiger partial charge in [-0.3, -0.25) is 9.59 Å². The molecular weight excluding hydrogens is 278 g/mol. The Bertz CT molecular complexity index is 464. The molecule has 0 aliphatic carbocycles. The van der Waals surface area contributed by atoms with E-state index in [9.17, 15) is 9.59 Å². The molecule has 0 aliphatic rings. The highest BCUT2D eigenvalue weighted by Gasteiger charge is 2.16. The van der Waals surface area contributed by atoms with Crippen LogP contribution in [0.1, 0.15) is 5.56 Å². The van der Waals surface area contributed by atoms with Crippen molar-refractivity contribution in [3.05, 3.63) is 29.8 Å². The van der Waals surface area contributed by atoms with Gasteiger partial charge < -0.3 is 14.7 Å². The van der Waals surface area contributed by atoms with Gasteiger partial charge in [-0.25, -0.2) is 0 Å². The summed E-state index contributed by atoms with van der Waals surface area (Å²) >= 11 is 1.42. The van der Waals surface area contributed by atoms with E-state index < -0.39 is 5.97 Å². The Labute approximate surface area is 122 Å². The average Bonchev–Trinajstić information content (AvgIpc) is 2.41. The number of aryl methyl sites for hydroxylation is 1. The molecule has 0 atom stereocenters. The number of thioether (sulfide) groups is 1. The molecule has 0 aliphatic heterocycles. The number of benzene rings is 1. The number of methoxy groups -OCH3 is 1. The Morgan fingerprint density at radius 1 is 1.35 bits per heavy atom. The summed E-state index contributed by atoms with van der Waals surface area (Å²) in [5.41, 5.74) is 1.10. The number of carboxylic acid groups (broad SMARTS) is 1. The topological polar surface area (TPSA) is 66.8 Å². The first-order valence-electron chi connectivity index (χ1n) is 6.21. The van der Waals surface area contributed by atoms with E-state index in [-0.39, 0.29) is 24.7 Å². The average molecular weight is 297 g/mol. The van der Waals surface area contributed by atoms with Crippen LogP contribution in [-0.2, 0) is 14.3 Å². The van der Waals surface area contributed by atoms with Crippen LogP contribution in [0.4, 0.5) is 0 Å². The number of carbonyl (C=O) groups excluding carboxylic acids is 1. The number of carbonyl (C=O) groups is 2. The highest BCUT2D eigenvalue weighted by Crippen LogP contribution is 2.21. The summed E-state index contributed by atoms with van der Waals surface area (Å²) in [5.74, 6) is -0.991. The summed E-state index contributed by atoms with van der Waals surface area (Å²) in [4.78, 5) is 25.2. The second kappa shape index (κ2) is 8.60. The molecule has 1 aromatic rings. The second-order valence-electron chi connectivity index (χ2n) is 4.26. The fraction of sp³-hybridized carbons (Fsp3) is 0.429. The molecule has 0 unspecified atom stereocenters. The van der Waals surface area contributed by atoms with Crippen LogP contribution in [0.2, 0.25) is 0 Å². The first kappa shape index (κ1) is 16.5. The maximum atomic E-state index is 12.1. The molecular formula is C14H19NO4S. The van der Waals surface area contributed by atoms with Gasteiger partial charge in [0.25, 0.3) is 0 Å². The van der Waals surface area contributed by atoms with Crippen LogP contribution in [-0.4, -0.2) is 54.4 Å². The van der Waals surface area contributed by atoms with Crippen molar-refractivity contribution in [1.82, 2.24) is 4.90 Å². The van der Waals surface area contributed by atoms with Gasteiger partial charge in [-0.2, -0.15) is 0 Å². The summed E-state index contributed by atoms with van der Waals surface area (Å²) in [6.45, 7) is 2.30. The molecule has 0 saturated carbocycles. The Morgan fingerprint density at radius 3 is 2.65 bits per heavy atom. The maximum absolute atomic E-state index is 12.1. The van der Waals surface area contributed by atoms with E-state index in [4.69, 9.17) is 9.84 Å². The third-order valence-electron chi connectivity index (χ3n) is 2.69. The van der Waals surface area contributed by atoms with Gasteiger partial charge in [-0.1, -0.05) is 18.2 Å². The van der Waals surface area contributed by atoms with Crippen LogP contribution in [0.15, 0.2) is 29.2 Å². The second-order valence-corrected chi connectivity index (χ2v) is 5.27. The van der Waals surface area contributed by atoms with Crippen molar-refractivity contribution in [1.29, 1.82) is 0 Å². The molecule has 1 N–H and O–H groups in total. The lowest BCUT2D eigenvalue weighted by Gasteiger charge is -2.20. The number of hydrogen-bond donors (Lipinski definition) is 1. The van der Waals surface area contributed by atoms with Gasteiger partial charge >= 0.3 is 5.97 Å². The lowest BCUT2D eigenvalue weighted by atomic mass is 10.2. The Hall–Kier alpha value is -1.53. The number of rotatable bonds is 8. The molecule has 0 bridgehead atoms. The van der Waals surface area contributed by atoms with E-state index in [1.165, 1.54) is 23.8 Å². The molecule has 1 amide bonds. The molecule has 5 nitrogen and oxygen atoms in total. The molecule has 0 spiro atoms. The summed E-state index contributed by atoms with van der Waals surface area (Å²) in [6, 6.07) is 7.78. The third-order valence-corrected chi connectivity index (χ3v) is 3.85. The summed E-state index contributed by atoms with van der Waals surface area (Å²) < 4.78 is 4.89. The lowest BCUT2D eigenvalue weighted by Crippen LogP contribution is -2.39. The number of aliphatic carboxylic acids is 1. The quantitative estimate of drug-likeness (QED) is 0.739. The van der Waals surface area contributed by atoms with Crippen LogP contribution in [0.25, 0.3) is 0 Å². The first-order valence-corrected chi connectivity index (χ1v) is 7.20. The molecule has 110 valence electrons. The van der Waals surface area contributed by atoms with Crippen molar-refractivity contribution in [3.8, 4) is 0 Å². The summed E-state index contributed by atoms with van der Waals surface area (Å²) in [7, 11) is 1.52. The largest absolute Gasteiger partial charge is 0.480 e. The molecule has 0 heterocycles. The van der Waals surface area contributed by atoms with Crippen LogP contribution >= 0.6 is 11.8 Å². The fourth-order valence-corrected chi connectivity index (χ4v) is 2.54. The Kier molecular flexibility index (Phi) is 7.11. The van der Waals surface area contributed by atoms with Crippen LogP contribution in [0.3, 0.4) is 0 Å². The predicted octanol–water partition coefficient (Wildman–Crippen LogP) is 1.65. The maximum Gasteiger partial charge on any atom is 0.323 e. The zero-order chi connectivity index (χ0) is 15.0. The molecule has 0 radical (unpaired) electrons. The number of nitrogens with zero attached hydrogens (tertiary/aromatic N) is 1. The molecule has 0 fully saturated rings. The molecule has 0 aromatic heterocycles. The standard InChI is InChI=1S/C14H19NO4S/c1-11-5-3-4-6-12(11)20-10-13(16)15(7-8-19-2)9-14(17)18/h3-6H,7-10H2,1-2H3,(H,17,18). The van der Waals surface area contributed by atoms with Gasteiger partial charge in [-0.15, -0.1) is 11.8 Å². The van der Waals surface area contributed by atoms with Gasteiger partial charge in [0, 0.05) is 18.6 Å². The SMILES string of the molecule is COCCN(CC(=O)O)C(=O)CSc1ccccc1C. The van der Waals surface area contributed by atoms with Crippen molar-refractivity contribution in [2.75, 3.05) is 32.6 Å². The van der Waals surface area contributed by atoms with E-state index in [1.807, 2.05) is 31.2 Å². The van der Waals surface area contributed by atoms with Gasteiger partial charge in [0.05, 0.1) is 12.4 Å². The Balaban J connectivity index is 2.57. The highest BCUT2D eigenvalue weighted by atomic mass is 32.2. The predicted molar refractivity (Wildman–Crippen MR) is 78.0 cm³/mol. The van der Waals surface area contributed by atoms with E-state index in [0.29, 0.717) is 6.61 Å². The minimum absolute atomic E-state index is 0.197. The van der Waals surface area contributed by atoms with Gasteiger partial charge in [0.15, 0.2) is 0 Å². The summed E-state index contributed by atoms with van der Waals surface area (Å²) in [5, 5.41) is 8.82. The summed E-state index contributed by atoms with van der Waals surface area (Å²) in [6.07, 6.45) is 0. The van der Waals surface area contributed by atoms with E-state index >= 15 is 0 Å². The van der Waals surface area contributed by atoms with Crippen molar-refractivity contribution in [2.24, 2.45) is 0 Å². The van der Waals surface area contributed by atoms with Gasteiger partial charge in [0.2, 0.25) is 5.91 Å². The lowest BCUT2D eigenvalue weighted by molar-refractivity contribution is -0.143. The molecule has 0 saturated heterocycles. The van der Waals surface area contributed by atoms with Crippen LogP contribution in [0, 0.1) is 6.92 Å². The van der Waals surface area contributed by atoms with Crippen molar-refractivity contribution < 1.29 is 19.4 Å².